The summed E-state index contributed by atoms with van der Waals surface area (Å²) in [6, 6.07) is 13.3. The summed E-state index contributed by atoms with van der Waals surface area (Å²) >= 11 is 5.96. The van der Waals surface area contributed by atoms with Crippen molar-refractivity contribution in [3.8, 4) is 0 Å². The predicted molar refractivity (Wildman–Crippen MR) is 52.5 cm³/mol. The molecular formula is C11H8Cl. The van der Waals surface area contributed by atoms with Gasteiger partial charge >= 0.3 is 0 Å². The second-order valence-corrected chi connectivity index (χ2v) is 3.24. The Morgan fingerprint density at radius 3 is 2.83 bits per heavy atom. The number of benzene rings is 2. The van der Waals surface area contributed by atoms with Gasteiger partial charge in [0.05, 0.1) is 0 Å². The molecule has 2 aromatic rings. The van der Waals surface area contributed by atoms with Crippen LogP contribution in [0, 0.1) is 13.0 Å². The van der Waals surface area contributed by atoms with Gasteiger partial charge in [0.25, 0.3) is 0 Å². The Morgan fingerprint density at radius 1 is 1.25 bits per heavy atom. The lowest BCUT2D eigenvalue weighted by Gasteiger charge is -2.00. The van der Waals surface area contributed by atoms with Crippen LogP contribution in [-0.4, -0.2) is 0 Å². The van der Waals surface area contributed by atoms with Crippen molar-refractivity contribution in [3.05, 3.63) is 47.0 Å². The first-order valence-corrected chi connectivity index (χ1v) is 4.22. The molecule has 0 aliphatic rings. The van der Waals surface area contributed by atoms with Gasteiger partial charge in [0.1, 0.15) is 0 Å². The van der Waals surface area contributed by atoms with Crippen LogP contribution in [-0.2, 0) is 0 Å². The highest BCUT2D eigenvalue weighted by molar-refractivity contribution is 6.32. The largest absolute Gasteiger partial charge is 0.0840 e. The molecule has 2 aromatic carbocycles. The van der Waals surface area contributed by atoms with Gasteiger partial charge in [-0.15, -0.1) is 0 Å². The molecule has 2 rings (SSSR count). The van der Waals surface area contributed by atoms with Crippen LogP contribution >= 0.6 is 11.6 Å². The van der Waals surface area contributed by atoms with Crippen LogP contribution in [0.15, 0.2) is 30.3 Å². The van der Waals surface area contributed by atoms with E-state index in [0.717, 1.165) is 21.4 Å². The third-order valence-corrected chi connectivity index (χ3v) is 2.32. The van der Waals surface area contributed by atoms with Crippen molar-refractivity contribution in [1.82, 2.24) is 0 Å². The fourth-order valence-corrected chi connectivity index (χ4v) is 1.41. The number of hydrogen-bond donors (Lipinski definition) is 0. The lowest BCUT2D eigenvalue weighted by molar-refractivity contribution is 1.49. The Hall–Kier alpha value is -1.01. The smallest absolute Gasteiger partial charge is 0.0447 e. The Balaban J connectivity index is 2.84. The minimum absolute atomic E-state index is 0.786. The molecule has 0 atom stereocenters. The third kappa shape index (κ3) is 1.19. The van der Waals surface area contributed by atoms with Crippen molar-refractivity contribution in [3.63, 3.8) is 0 Å². The summed E-state index contributed by atoms with van der Waals surface area (Å²) in [6.45, 7) is 1.97. The molecule has 0 heterocycles. The fourth-order valence-electron chi connectivity index (χ4n) is 1.24. The Kier molecular flexibility index (Phi) is 1.78. The molecule has 12 heavy (non-hydrogen) atoms. The van der Waals surface area contributed by atoms with Gasteiger partial charge in [-0.05, 0) is 35.4 Å². The van der Waals surface area contributed by atoms with E-state index in [0.29, 0.717) is 0 Å². The summed E-state index contributed by atoms with van der Waals surface area (Å²) < 4.78 is 0. The second kappa shape index (κ2) is 2.80. The van der Waals surface area contributed by atoms with E-state index in [1.54, 1.807) is 0 Å². The number of aryl methyl sites for hydroxylation is 1. The molecule has 1 heteroatoms. The summed E-state index contributed by atoms with van der Waals surface area (Å²) in [5, 5.41) is 3.06. The molecule has 1 radical (unpaired) electrons. The van der Waals surface area contributed by atoms with E-state index in [2.05, 4.69) is 6.07 Å². The molecule has 0 unspecified atom stereocenters. The van der Waals surface area contributed by atoms with Crippen molar-refractivity contribution in [1.29, 1.82) is 0 Å². The molecule has 0 N–H and O–H groups in total. The highest BCUT2D eigenvalue weighted by Crippen LogP contribution is 2.22. The van der Waals surface area contributed by atoms with Gasteiger partial charge in [0.2, 0.25) is 0 Å². The molecule has 0 amide bonds. The molecule has 0 nitrogen and oxygen atoms in total. The molecule has 0 aliphatic carbocycles. The van der Waals surface area contributed by atoms with E-state index < -0.39 is 0 Å². The molecule has 0 bridgehead atoms. The minimum Gasteiger partial charge on any atom is -0.0840 e. The first-order chi connectivity index (χ1) is 5.77. The van der Waals surface area contributed by atoms with Crippen molar-refractivity contribution in [2.75, 3.05) is 0 Å². The number of halogens is 1. The number of hydrogen-bond acceptors (Lipinski definition) is 0. The summed E-state index contributed by atoms with van der Waals surface area (Å²) in [5.74, 6) is 0. The van der Waals surface area contributed by atoms with Crippen molar-refractivity contribution < 1.29 is 0 Å². The van der Waals surface area contributed by atoms with Crippen LogP contribution in [0.4, 0.5) is 0 Å². The van der Waals surface area contributed by atoms with Crippen LogP contribution < -0.4 is 0 Å². The maximum Gasteiger partial charge on any atom is 0.0447 e. The monoisotopic (exact) mass is 175 g/mol. The van der Waals surface area contributed by atoms with E-state index in [1.807, 2.05) is 37.3 Å². The van der Waals surface area contributed by atoms with Gasteiger partial charge in [-0.25, -0.2) is 0 Å². The average Bonchev–Trinajstić information content (AvgIpc) is 2.07. The van der Waals surface area contributed by atoms with Crippen molar-refractivity contribution in [2.24, 2.45) is 0 Å². The van der Waals surface area contributed by atoms with Gasteiger partial charge in [0, 0.05) is 5.02 Å². The lowest BCUT2D eigenvalue weighted by Crippen LogP contribution is -1.77. The average molecular weight is 176 g/mol. The van der Waals surface area contributed by atoms with Crippen molar-refractivity contribution in [2.45, 2.75) is 6.92 Å². The fraction of sp³-hybridized carbons (Fsp3) is 0.0909. The SMILES string of the molecule is Cc1[c]c2ccccc2cc1Cl. The molecule has 0 saturated heterocycles. The first-order valence-electron chi connectivity index (χ1n) is 3.84. The van der Waals surface area contributed by atoms with Crippen LogP contribution in [0.3, 0.4) is 0 Å². The zero-order valence-electron chi connectivity index (χ0n) is 6.76. The number of fused-ring (bicyclic) bond motifs is 1. The van der Waals surface area contributed by atoms with Crippen LogP contribution in [0.5, 0.6) is 0 Å². The van der Waals surface area contributed by atoms with Crippen LogP contribution in [0.25, 0.3) is 10.8 Å². The summed E-state index contributed by atoms with van der Waals surface area (Å²) in [5.41, 5.74) is 1.01. The van der Waals surface area contributed by atoms with Gasteiger partial charge in [-0.1, -0.05) is 35.9 Å². The Labute approximate surface area is 76.8 Å². The van der Waals surface area contributed by atoms with Gasteiger partial charge < -0.3 is 0 Å². The van der Waals surface area contributed by atoms with E-state index in [1.165, 1.54) is 0 Å². The molecule has 0 aromatic heterocycles. The van der Waals surface area contributed by atoms with Crippen LogP contribution in [0.1, 0.15) is 5.56 Å². The summed E-state index contributed by atoms with van der Waals surface area (Å²) in [7, 11) is 0. The zero-order valence-corrected chi connectivity index (χ0v) is 7.52. The zero-order chi connectivity index (χ0) is 8.55. The van der Waals surface area contributed by atoms with E-state index >= 15 is 0 Å². The van der Waals surface area contributed by atoms with Crippen molar-refractivity contribution >= 4 is 22.4 Å². The molecular weight excluding hydrogens is 168 g/mol. The standard InChI is InChI=1S/C11H8Cl/c1-8-6-9-4-2-3-5-10(9)7-11(8)12/h2-5,7H,1H3. The van der Waals surface area contributed by atoms with E-state index in [4.69, 9.17) is 11.6 Å². The molecule has 0 spiro atoms. The summed E-state index contributed by atoms with van der Waals surface area (Å²) in [6.07, 6.45) is 0. The molecule has 0 saturated carbocycles. The Morgan fingerprint density at radius 2 is 2.00 bits per heavy atom. The quantitative estimate of drug-likeness (QED) is 0.574. The van der Waals surface area contributed by atoms with E-state index in [-0.39, 0.29) is 0 Å². The highest BCUT2D eigenvalue weighted by Gasteiger charge is 1.97. The van der Waals surface area contributed by atoms with Gasteiger partial charge in [0.15, 0.2) is 0 Å². The topological polar surface area (TPSA) is 0 Å². The summed E-state index contributed by atoms with van der Waals surface area (Å²) in [4.78, 5) is 0. The first kappa shape index (κ1) is 7.63. The number of rotatable bonds is 0. The maximum atomic E-state index is 5.96. The predicted octanol–water partition coefficient (Wildman–Crippen LogP) is 3.60. The second-order valence-electron chi connectivity index (χ2n) is 2.83. The highest BCUT2D eigenvalue weighted by atomic mass is 35.5. The lowest BCUT2D eigenvalue weighted by atomic mass is 10.1. The van der Waals surface area contributed by atoms with Gasteiger partial charge in [-0.3, -0.25) is 0 Å². The maximum absolute atomic E-state index is 5.96. The van der Waals surface area contributed by atoms with Gasteiger partial charge in [-0.2, -0.15) is 0 Å². The Bertz CT molecular complexity index is 378. The van der Waals surface area contributed by atoms with Crippen LogP contribution in [0.2, 0.25) is 5.02 Å². The molecule has 0 fully saturated rings. The molecule has 0 aliphatic heterocycles. The third-order valence-electron chi connectivity index (χ3n) is 1.92. The van der Waals surface area contributed by atoms with E-state index in [9.17, 15) is 0 Å². The molecule has 59 valence electrons. The minimum atomic E-state index is 0.786. The normalized spacial score (nSPS) is 10.5.